The van der Waals surface area contributed by atoms with E-state index in [4.69, 9.17) is 16.2 Å². The molecule has 0 fully saturated rings. The zero-order chi connectivity index (χ0) is 22.6. The van der Waals surface area contributed by atoms with Crippen molar-refractivity contribution in [3.05, 3.63) is 30.6 Å². The number of aromatic nitrogens is 6. The van der Waals surface area contributed by atoms with Crippen LogP contribution in [0.3, 0.4) is 0 Å². The molecule has 32 heavy (non-hydrogen) atoms. The quantitative estimate of drug-likeness (QED) is 0.442. The smallest absolute Gasteiger partial charge is 0.210 e. The Morgan fingerprint density at radius 2 is 1.94 bits per heavy atom. The van der Waals surface area contributed by atoms with Crippen molar-refractivity contribution in [2.45, 2.75) is 32.9 Å². The number of hydrogen-bond acceptors (Lipinski definition) is 9. The first-order valence-electron chi connectivity index (χ1n) is 10.3. The molecule has 11 heteroatoms. The number of nitrogens with two attached hydrogens (primary N) is 2. The number of rotatable bonds is 4. The van der Waals surface area contributed by atoms with Gasteiger partial charge in [-0.3, -0.25) is 0 Å². The highest BCUT2D eigenvalue weighted by molar-refractivity contribution is 5.90. The van der Waals surface area contributed by atoms with Gasteiger partial charge >= 0.3 is 0 Å². The number of nitrogens with one attached hydrogen (secondary N) is 1. The summed E-state index contributed by atoms with van der Waals surface area (Å²) in [5.74, 6) is 3.70. The molecular weight excluding hydrogens is 408 g/mol. The first-order valence-corrected chi connectivity index (χ1v) is 10.3. The molecule has 4 aromatic rings. The maximum atomic E-state index is 6.41. The Balaban J connectivity index is 1.45. The molecule has 0 radical (unpaired) electrons. The molecular formula is C21H26N10O. The van der Waals surface area contributed by atoms with Crippen LogP contribution in [0, 0.1) is 0 Å². The summed E-state index contributed by atoms with van der Waals surface area (Å²) < 4.78 is 9.73. The molecule has 4 aromatic heterocycles. The molecule has 0 amide bonds. The second-order valence-corrected chi connectivity index (χ2v) is 8.78. The van der Waals surface area contributed by atoms with Crippen LogP contribution in [0.4, 0.5) is 29.1 Å². The molecule has 1 aliphatic heterocycles. The van der Waals surface area contributed by atoms with Crippen LogP contribution in [-0.2, 0) is 13.6 Å². The fraction of sp³-hybridized carbons (Fsp3) is 0.333. The molecule has 5 heterocycles. The molecule has 0 bridgehead atoms. The van der Waals surface area contributed by atoms with Crippen LogP contribution >= 0.6 is 0 Å². The predicted octanol–water partition coefficient (Wildman–Crippen LogP) is 2.88. The van der Waals surface area contributed by atoms with E-state index in [9.17, 15) is 0 Å². The average molecular weight is 435 g/mol. The second kappa shape index (κ2) is 7.01. The van der Waals surface area contributed by atoms with Crippen molar-refractivity contribution < 1.29 is 4.74 Å². The van der Waals surface area contributed by atoms with Gasteiger partial charge in [-0.2, -0.15) is 10.1 Å². The van der Waals surface area contributed by atoms with Crippen LogP contribution < -0.4 is 26.4 Å². The molecule has 0 aliphatic carbocycles. The van der Waals surface area contributed by atoms with E-state index in [0.717, 1.165) is 24.7 Å². The van der Waals surface area contributed by atoms with E-state index in [1.807, 2.05) is 22.4 Å². The summed E-state index contributed by atoms with van der Waals surface area (Å²) in [6.45, 7) is 8.39. The number of imidazole rings is 1. The Hall–Kier alpha value is -4.02. The largest absolute Gasteiger partial charge is 0.453 e. The van der Waals surface area contributed by atoms with Crippen LogP contribution in [0.2, 0.25) is 0 Å². The maximum absolute atomic E-state index is 6.41. The van der Waals surface area contributed by atoms with Gasteiger partial charge in [0.05, 0.1) is 12.7 Å². The SMILES string of the molecule is Cn1c(Nc2cc3n(n2)CCN3C(C)(C)C)nc2ncc(Oc3ccnc(N)c3)c(N)c21. The monoisotopic (exact) mass is 434 g/mol. The minimum absolute atomic E-state index is 0.0255. The van der Waals surface area contributed by atoms with E-state index in [2.05, 4.69) is 51.0 Å². The van der Waals surface area contributed by atoms with Crippen LogP contribution in [0.5, 0.6) is 11.5 Å². The van der Waals surface area contributed by atoms with Crippen molar-refractivity contribution in [3.63, 3.8) is 0 Å². The number of pyridine rings is 2. The summed E-state index contributed by atoms with van der Waals surface area (Å²) in [5.41, 5.74) is 13.8. The third kappa shape index (κ3) is 3.31. The molecule has 0 saturated carbocycles. The van der Waals surface area contributed by atoms with Gasteiger partial charge in [0.1, 0.15) is 28.6 Å². The third-order valence-corrected chi connectivity index (χ3v) is 5.50. The van der Waals surface area contributed by atoms with E-state index in [0.29, 0.717) is 40.1 Å². The standard InChI is InChI=1S/C21H26N10O/c1-21(2,3)30-7-8-31-16(30)10-15(28-31)26-20-27-19-18(29(20)4)17(23)13(11-25-19)32-12-5-6-24-14(22)9-12/h5-6,9-11H,7-8H2,1-4H3,(H2,22,24)(H3,23,25,26,27,28). The number of aryl methyl sites for hydroxylation is 1. The van der Waals surface area contributed by atoms with E-state index >= 15 is 0 Å². The normalized spacial score (nSPS) is 13.6. The highest BCUT2D eigenvalue weighted by Gasteiger charge is 2.30. The van der Waals surface area contributed by atoms with Crippen LogP contribution in [-0.4, -0.2) is 41.4 Å². The highest BCUT2D eigenvalue weighted by atomic mass is 16.5. The summed E-state index contributed by atoms with van der Waals surface area (Å²) in [5, 5.41) is 7.98. The average Bonchev–Trinajstić information content (AvgIpc) is 3.37. The number of hydrogen-bond donors (Lipinski definition) is 3. The number of nitrogen functional groups attached to an aromatic ring is 2. The van der Waals surface area contributed by atoms with E-state index in [1.165, 1.54) is 0 Å². The Morgan fingerprint density at radius 1 is 1.12 bits per heavy atom. The van der Waals surface area contributed by atoms with Gasteiger partial charge < -0.3 is 31.0 Å². The van der Waals surface area contributed by atoms with E-state index in [-0.39, 0.29) is 5.54 Å². The van der Waals surface area contributed by atoms with Crippen molar-refractivity contribution in [1.82, 2.24) is 29.3 Å². The minimum Gasteiger partial charge on any atom is -0.453 e. The van der Waals surface area contributed by atoms with Gasteiger partial charge in [0, 0.05) is 37.5 Å². The van der Waals surface area contributed by atoms with Crippen LogP contribution in [0.15, 0.2) is 30.6 Å². The van der Waals surface area contributed by atoms with Gasteiger partial charge in [0.25, 0.3) is 0 Å². The molecule has 5 N–H and O–H groups in total. The van der Waals surface area contributed by atoms with Crippen LogP contribution in [0.25, 0.3) is 11.2 Å². The van der Waals surface area contributed by atoms with Crippen molar-refractivity contribution >= 4 is 40.3 Å². The first kappa shape index (κ1) is 19.9. The molecule has 0 atom stereocenters. The molecule has 0 saturated heterocycles. The Kier molecular flexibility index (Phi) is 4.36. The maximum Gasteiger partial charge on any atom is 0.210 e. The molecule has 0 unspecified atom stereocenters. The number of ether oxygens (including phenoxy) is 1. The van der Waals surface area contributed by atoms with Gasteiger partial charge in [-0.25, -0.2) is 14.6 Å². The Bertz CT molecular complexity index is 1320. The number of anilines is 5. The minimum atomic E-state index is 0.0255. The van der Waals surface area contributed by atoms with Crippen molar-refractivity contribution in [1.29, 1.82) is 0 Å². The van der Waals surface area contributed by atoms with Gasteiger partial charge in [0.2, 0.25) is 5.95 Å². The summed E-state index contributed by atoms with van der Waals surface area (Å²) in [7, 11) is 1.87. The van der Waals surface area contributed by atoms with Crippen molar-refractivity contribution in [2.75, 3.05) is 28.2 Å². The molecule has 0 aromatic carbocycles. The second-order valence-electron chi connectivity index (χ2n) is 8.78. The lowest BCUT2D eigenvalue weighted by molar-refractivity contribution is 0.483. The molecule has 0 spiro atoms. The summed E-state index contributed by atoms with van der Waals surface area (Å²) in [6, 6.07) is 5.37. The van der Waals surface area contributed by atoms with Gasteiger partial charge in [0.15, 0.2) is 17.2 Å². The zero-order valence-electron chi connectivity index (χ0n) is 18.5. The van der Waals surface area contributed by atoms with Crippen molar-refractivity contribution in [3.8, 4) is 11.5 Å². The number of nitrogens with zero attached hydrogens (tertiary/aromatic N) is 7. The molecule has 166 valence electrons. The highest BCUT2D eigenvalue weighted by Crippen LogP contribution is 2.35. The third-order valence-electron chi connectivity index (χ3n) is 5.50. The Morgan fingerprint density at radius 3 is 2.69 bits per heavy atom. The summed E-state index contributed by atoms with van der Waals surface area (Å²) in [6.07, 6.45) is 3.12. The van der Waals surface area contributed by atoms with E-state index < -0.39 is 0 Å². The lowest BCUT2D eigenvalue weighted by Crippen LogP contribution is -2.40. The lowest BCUT2D eigenvalue weighted by atomic mass is 10.1. The lowest BCUT2D eigenvalue weighted by Gasteiger charge is -2.32. The molecule has 5 rings (SSSR count). The Labute approximate surface area is 185 Å². The van der Waals surface area contributed by atoms with Gasteiger partial charge in [-0.15, -0.1) is 0 Å². The zero-order valence-corrected chi connectivity index (χ0v) is 18.5. The fourth-order valence-electron chi connectivity index (χ4n) is 3.95. The van der Waals surface area contributed by atoms with Crippen molar-refractivity contribution in [2.24, 2.45) is 7.05 Å². The number of fused-ring (bicyclic) bond motifs is 2. The molecule has 1 aliphatic rings. The fourth-order valence-corrected chi connectivity index (χ4v) is 3.95. The summed E-state index contributed by atoms with van der Waals surface area (Å²) >= 11 is 0. The van der Waals surface area contributed by atoms with Gasteiger partial charge in [-0.1, -0.05) is 0 Å². The van der Waals surface area contributed by atoms with Crippen LogP contribution in [0.1, 0.15) is 20.8 Å². The topological polar surface area (TPSA) is 138 Å². The summed E-state index contributed by atoms with van der Waals surface area (Å²) in [4.78, 5) is 15.3. The van der Waals surface area contributed by atoms with Gasteiger partial charge in [-0.05, 0) is 26.8 Å². The molecule has 11 nitrogen and oxygen atoms in total. The first-order chi connectivity index (χ1) is 15.2. The predicted molar refractivity (Wildman–Crippen MR) is 124 cm³/mol. The van der Waals surface area contributed by atoms with E-state index in [1.54, 1.807) is 24.5 Å².